The molecule has 0 amide bonds. The van der Waals surface area contributed by atoms with Crippen molar-refractivity contribution in [1.82, 2.24) is 0 Å². The minimum atomic E-state index is -0.0139. The molecule has 1 rings (SSSR count). The normalized spacial score (nSPS) is 35.8. The molecule has 0 radical (unpaired) electrons. The van der Waals surface area contributed by atoms with E-state index in [1.807, 2.05) is 7.85 Å². The van der Waals surface area contributed by atoms with Crippen LogP contribution < -0.4 is 0 Å². The quantitative estimate of drug-likeness (QED) is 0.424. The van der Waals surface area contributed by atoms with Gasteiger partial charge in [-0.25, -0.2) is 0 Å². The maximum Gasteiger partial charge on any atom is 0.144 e. The van der Waals surface area contributed by atoms with Gasteiger partial charge in [0.1, 0.15) is 20.1 Å². The Morgan fingerprint density at radius 1 is 1.58 bits per heavy atom. The smallest absolute Gasteiger partial charge is 0.144 e. The highest BCUT2D eigenvalue weighted by Gasteiger charge is 2.35. The summed E-state index contributed by atoms with van der Waals surface area (Å²) < 4.78 is 15.8. The van der Waals surface area contributed by atoms with E-state index in [-0.39, 0.29) is 18.2 Å². The molecular weight excluding hydrogens is 155 g/mol. The van der Waals surface area contributed by atoms with Crippen LogP contribution in [-0.4, -0.2) is 46.9 Å². The molecule has 0 saturated carbocycles. The van der Waals surface area contributed by atoms with E-state index in [9.17, 15) is 0 Å². The predicted molar refractivity (Wildman–Crippen MR) is 49.0 cm³/mol. The molecule has 1 heterocycles. The maximum atomic E-state index is 5.57. The fraction of sp³-hybridized carbons (Fsp3) is 0.750. The molecule has 0 unspecified atom stereocenters. The van der Waals surface area contributed by atoms with Gasteiger partial charge in [0.25, 0.3) is 0 Å². The summed E-state index contributed by atoms with van der Waals surface area (Å²) in [4.78, 5) is 0. The average molecular weight is 170 g/mol. The number of hydrogen-bond donors (Lipinski definition) is 0. The van der Waals surface area contributed by atoms with Gasteiger partial charge < -0.3 is 14.2 Å². The lowest BCUT2D eigenvalue weighted by atomic mass is 9.91. The Balaban J connectivity index is 2.58. The lowest BCUT2D eigenvalue weighted by Gasteiger charge is -2.15. The molecule has 1 aliphatic rings. The van der Waals surface area contributed by atoms with Crippen LogP contribution in [0.25, 0.3) is 0 Å². The summed E-state index contributed by atoms with van der Waals surface area (Å²) in [5.74, 6) is 0. The van der Waals surface area contributed by atoms with Gasteiger partial charge in [-0.15, -0.1) is 0 Å². The summed E-state index contributed by atoms with van der Waals surface area (Å²) in [5.41, 5.74) is 1.000. The summed E-state index contributed by atoms with van der Waals surface area (Å²) in [5, 5.41) is 0. The molecule has 0 aliphatic carbocycles. The van der Waals surface area contributed by atoms with Gasteiger partial charge in [-0.3, -0.25) is 0 Å². The van der Waals surface area contributed by atoms with Gasteiger partial charge >= 0.3 is 0 Å². The minimum absolute atomic E-state index is 0.00231. The highest BCUT2D eigenvalue weighted by Crippen LogP contribution is 2.25. The van der Waals surface area contributed by atoms with E-state index >= 15 is 0 Å². The second-order valence-corrected chi connectivity index (χ2v) is 3.00. The summed E-state index contributed by atoms with van der Waals surface area (Å²) in [7, 11) is 5.30. The Labute approximate surface area is 74.1 Å². The fourth-order valence-electron chi connectivity index (χ4n) is 1.49. The van der Waals surface area contributed by atoms with Crippen LogP contribution in [0, 0.1) is 0 Å². The summed E-state index contributed by atoms with van der Waals surface area (Å²) >= 11 is 0. The average Bonchev–Trinajstić information content (AvgIpc) is 2.29. The zero-order chi connectivity index (χ0) is 9.14. The third kappa shape index (κ3) is 1.71. The molecule has 3 atom stereocenters. The molecule has 0 aromatic carbocycles. The van der Waals surface area contributed by atoms with Crippen LogP contribution in [0.5, 0.6) is 0 Å². The molecule has 0 bridgehead atoms. The zero-order valence-corrected chi connectivity index (χ0v) is 7.87. The van der Waals surface area contributed by atoms with Crippen LogP contribution in [0.15, 0.2) is 12.2 Å². The molecule has 12 heavy (non-hydrogen) atoms. The first kappa shape index (κ1) is 9.77. The maximum absolute atomic E-state index is 5.57. The Hall–Kier alpha value is -0.315. The molecule has 1 saturated heterocycles. The van der Waals surface area contributed by atoms with E-state index in [1.165, 1.54) is 0 Å². The van der Waals surface area contributed by atoms with Crippen LogP contribution >= 0.6 is 0 Å². The van der Waals surface area contributed by atoms with E-state index in [0.717, 1.165) is 5.57 Å². The number of hydrogen-bond acceptors (Lipinski definition) is 3. The van der Waals surface area contributed by atoms with Gasteiger partial charge in [0.2, 0.25) is 0 Å². The lowest BCUT2D eigenvalue weighted by Crippen LogP contribution is -2.28. The summed E-state index contributed by atoms with van der Waals surface area (Å²) in [6.45, 7) is 4.47. The van der Waals surface area contributed by atoms with Crippen molar-refractivity contribution in [3.05, 3.63) is 12.2 Å². The molecule has 0 aromatic rings. The van der Waals surface area contributed by atoms with Crippen LogP contribution in [0.1, 0.15) is 0 Å². The predicted octanol–water partition coefficient (Wildman–Crippen LogP) is -0.438. The summed E-state index contributed by atoms with van der Waals surface area (Å²) in [6, 6.07) is 0.0788. The highest BCUT2D eigenvalue weighted by molar-refractivity contribution is 6.13. The van der Waals surface area contributed by atoms with E-state index in [0.29, 0.717) is 6.61 Å². The van der Waals surface area contributed by atoms with Crippen molar-refractivity contribution in [2.45, 2.75) is 18.2 Å². The second-order valence-electron chi connectivity index (χ2n) is 3.00. The molecule has 1 fully saturated rings. The number of methoxy groups -OCH3 is 2. The Morgan fingerprint density at radius 2 is 2.25 bits per heavy atom. The molecule has 1 aliphatic heterocycles. The van der Waals surface area contributed by atoms with Crippen molar-refractivity contribution in [2.24, 2.45) is 0 Å². The van der Waals surface area contributed by atoms with E-state index < -0.39 is 0 Å². The minimum Gasteiger partial charge on any atom is -0.382 e. The molecule has 0 spiro atoms. The zero-order valence-electron chi connectivity index (χ0n) is 7.87. The second kappa shape index (κ2) is 4.07. The van der Waals surface area contributed by atoms with Crippen molar-refractivity contribution in [2.75, 3.05) is 20.8 Å². The first-order valence-corrected chi connectivity index (χ1v) is 4.06. The highest BCUT2D eigenvalue weighted by atomic mass is 16.6. The Morgan fingerprint density at radius 3 is 2.75 bits per heavy atom. The molecule has 0 N–H and O–H groups in total. The Bertz CT molecular complexity index is 172. The van der Waals surface area contributed by atoms with Crippen molar-refractivity contribution < 1.29 is 14.2 Å². The first-order valence-electron chi connectivity index (χ1n) is 4.06. The van der Waals surface area contributed by atoms with Crippen molar-refractivity contribution in [3.63, 3.8) is 0 Å². The topological polar surface area (TPSA) is 27.7 Å². The molecule has 0 aromatic heterocycles. The largest absolute Gasteiger partial charge is 0.382 e. The standard InChI is InChI=1S/C8H15BO3/c1-5-7(11-3)6(4-10-2)12-8(5)9/h6-8H,1,4,9H2,2-3H3/t6-,7+,8-/m1/s1. The fourth-order valence-corrected chi connectivity index (χ4v) is 1.49. The van der Waals surface area contributed by atoms with Gasteiger partial charge in [-0.1, -0.05) is 6.58 Å². The number of rotatable bonds is 3. The molecule has 3 nitrogen and oxygen atoms in total. The van der Waals surface area contributed by atoms with Crippen molar-refractivity contribution in [3.8, 4) is 0 Å². The monoisotopic (exact) mass is 170 g/mol. The third-order valence-electron chi connectivity index (χ3n) is 2.19. The molecule has 4 heteroatoms. The van der Waals surface area contributed by atoms with Crippen LogP contribution in [0.2, 0.25) is 0 Å². The van der Waals surface area contributed by atoms with E-state index in [1.54, 1.807) is 14.2 Å². The van der Waals surface area contributed by atoms with Crippen molar-refractivity contribution >= 4 is 7.85 Å². The van der Waals surface area contributed by atoms with E-state index in [4.69, 9.17) is 14.2 Å². The Kier molecular flexibility index (Phi) is 3.32. The van der Waals surface area contributed by atoms with Gasteiger partial charge in [0.05, 0.1) is 6.61 Å². The first-order chi connectivity index (χ1) is 5.70. The van der Waals surface area contributed by atoms with Gasteiger partial charge in [0.15, 0.2) is 0 Å². The van der Waals surface area contributed by atoms with Crippen LogP contribution in [0.3, 0.4) is 0 Å². The lowest BCUT2D eigenvalue weighted by molar-refractivity contribution is -0.0300. The third-order valence-corrected chi connectivity index (χ3v) is 2.19. The van der Waals surface area contributed by atoms with E-state index in [2.05, 4.69) is 6.58 Å². The number of ether oxygens (including phenoxy) is 3. The molecule has 68 valence electrons. The van der Waals surface area contributed by atoms with Crippen molar-refractivity contribution in [1.29, 1.82) is 0 Å². The molecular formula is C8H15BO3. The van der Waals surface area contributed by atoms with Crippen LogP contribution in [0.4, 0.5) is 0 Å². The van der Waals surface area contributed by atoms with Crippen LogP contribution in [-0.2, 0) is 14.2 Å². The summed E-state index contributed by atoms with van der Waals surface area (Å²) in [6.07, 6.45) is -0.0116. The van der Waals surface area contributed by atoms with Gasteiger partial charge in [-0.05, 0) is 5.57 Å². The van der Waals surface area contributed by atoms with Gasteiger partial charge in [-0.2, -0.15) is 0 Å². The van der Waals surface area contributed by atoms with Gasteiger partial charge in [0, 0.05) is 20.2 Å². The SMILES string of the molecule is B[C@@H]1O[C@H](COC)[C@@H](OC)C1=C.